The van der Waals surface area contributed by atoms with Gasteiger partial charge < -0.3 is 10.5 Å². The van der Waals surface area contributed by atoms with Crippen molar-refractivity contribution in [3.63, 3.8) is 0 Å². The number of thiophene rings is 1. The zero-order chi connectivity index (χ0) is 17.7. The molecule has 7 heteroatoms. The Bertz CT molecular complexity index is 885. The minimum Gasteiger partial charge on any atom is -0.487 e. The van der Waals surface area contributed by atoms with Gasteiger partial charge in [0.25, 0.3) is 10.0 Å². The number of hydrogen-bond donors (Lipinski definition) is 2. The second kappa shape index (κ2) is 5.75. The zero-order valence-electron chi connectivity index (χ0n) is 14.2. The van der Waals surface area contributed by atoms with Crippen molar-refractivity contribution < 1.29 is 13.2 Å². The van der Waals surface area contributed by atoms with E-state index in [1.807, 2.05) is 33.8 Å². The summed E-state index contributed by atoms with van der Waals surface area (Å²) in [5, 5.41) is 0. The topological polar surface area (TPSA) is 81.4 Å². The molecule has 0 aliphatic carbocycles. The lowest BCUT2D eigenvalue weighted by molar-refractivity contribution is 0.0702. The fourth-order valence-electron chi connectivity index (χ4n) is 3.11. The van der Waals surface area contributed by atoms with Crippen molar-refractivity contribution in [1.29, 1.82) is 0 Å². The molecule has 1 aliphatic heterocycles. The highest BCUT2D eigenvalue weighted by Crippen LogP contribution is 2.41. The van der Waals surface area contributed by atoms with Crippen LogP contribution in [0, 0.1) is 13.8 Å². The second-order valence-electron chi connectivity index (χ2n) is 6.86. The number of nitrogens with two attached hydrogens (primary N) is 1. The van der Waals surface area contributed by atoms with Gasteiger partial charge in [0.2, 0.25) is 0 Å². The molecule has 5 nitrogen and oxygen atoms in total. The minimum atomic E-state index is -3.60. The van der Waals surface area contributed by atoms with Crippen LogP contribution in [-0.4, -0.2) is 14.0 Å². The Balaban J connectivity index is 2.00. The highest BCUT2D eigenvalue weighted by atomic mass is 32.2. The molecule has 2 heterocycles. The number of sulfonamides is 1. The third kappa shape index (κ3) is 3.29. The summed E-state index contributed by atoms with van der Waals surface area (Å²) >= 11 is 1.29. The minimum absolute atomic E-state index is 0.370. The lowest BCUT2D eigenvalue weighted by Crippen LogP contribution is -2.41. The van der Waals surface area contributed by atoms with Gasteiger partial charge in [0, 0.05) is 22.5 Å². The Morgan fingerprint density at radius 1 is 1.29 bits per heavy atom. The van der Waals surface area contributed by atoms with Crippen molar-refractivity contribution >= 4 is 27.0 Å². The Morgan fingerprint density at radius 2 is 2.00 bits per heavy atom. The molecule has 0 radical (unpaired) electrons. The molecule has 0 saturated heterocycles. The summed E-state index contributed by atoms with van der Waals surface area (Å²) in [5.74, 6) is 0.673. The molecule has 1 aromatic heterocycles. The van der Waals surface area contributed by atoms with Crippen LogP contribution >= 0.6 is 11.3 Å². The number of hydrogen-bond acceptors (Lipinski definition) is 5. The van der Waals surface area contributed by atoms with Gasteiger partial charge >= 0.3 is 0 Å². The summed E-state index contributed by atoms with van der Waals surface area (Å²) < 4.78 is 34.9. The van der Waals surface area contributed by atoms with E-state index >= 15 is 0 Å². The molecule has 130 valence electrons. The van der Waals surface area contributed by atoms with Gasteiger partial charge in [-0.3, -0.25) is 0 Å². The zero-order valence-corrected chi connectivity index (χ0v) is 15.8. The first-order chi connectivity index (χ1) is 11.1. The Kier molecular flexibility index (Phi) is 4.14. The van der Waals surface area contributed by atoms with E-state index in [-0.39, 0.29) is 6.04 Å². The molecule has 1 aliphatic rings. The Morgan fingerprint density at radius 3 is 2.62 bits per heavy atom. The van der Waals surface area contributed by atoms with Crippen LogP contribution in [0.15, 0.2) is 28.5 Å². The van der Waals surface area contributed by atoms with Crippen molar-refractivity contribution in [2.45, 2.75) is 50.0 Å². The van der Waals surface area contributed by atoms with E-state index in [9.17, 15) is 8.42 Å². The van der Waals surface area contributed by atoms with Gasteiger partial charge in [-0.15, -0.1) is 11.3 Å². The molecule has 24 heavy (non-hydrogen) atoms. The van der Waals surface area contributed by atoms with Crippen LogP contribution < -0.4 is 15.2 Å². The number of rotatable bonds is 3. The Labute approximate surface area is 146 Å². The third-order valence-corrected chi connectivity index (χ3v) is 7.29. The van der Waals surface area contributed by atoms with Gasteiger partial charge in [0.15, 0.2) is 0 Å². The summed E-state index contributed by atoms with van der Waals surface area (Å²) in [6.07, 6.45) is 0.534. The van der Waals surface area contributed by atoms with Gasteiger partial charge in [-0.2, -0.15) is 0 Å². The maximum absolute atomic E-state index is 12.9. The van der Waals surface area contributed by atoms with Crippen LogP contribution in [0.3, 0.4) is 0 Å². The number of ether oxygens (including phenoxy) is 1. The average molecular weight is 367 g/mol. The van der Waals surface area contributed by atoms with E-state index in [0.29, 0.717) is 22.1 Å². The monoisotopic (exact) mass is 366 g/mol. The summed E-state index contributed by atoms with van der Waals surface area (Å²) in [4.78, 5) is 0.977. The highest BCUT2D eigenvalue weighted by molar-refractivity contribution is 7.91. The molecule has 0 spiro atoms. The van der Waals surface area contributed by atoms with E-state index in [1.54, 1.807) is 18.2 Å². The number of fused-ring (bicyclic) bond motifs is 1. The molecule has 0 bridgehead atoms. The van der Waals surface area contributed by atoms with Gasteiger partial charge in [-0.25, -0.2) is 13.1 Å². The van der Waals surface area contributed by atoms with E-state index in [2.05, 4.69) is 4.72 Å². The molecule has 1 aromatic carbocycles. The second-order valence-corrected chi connectivity index (χ2v) is 10.0. The fourth-order valence-corrected chi connectivity index (χ4v) is 6.01. The van der Waals surface area contributed by atoms with Crippen molar-refractivity contribution in [2.75, 3.05) is 5.73 Å². The molecule has 0 saturated carbocycles. The quantitative estimate of drug-likeness (QED) is 0.814. The van der Waals surface area contributed by atoms with Crippen molar-refractivity contribution in [3.8, 4) is 5.75 Å². The van der Waals surface area contributed by atoms with Gasteiger partial charge in [-0.05, 0) is 57.5 Å². The summed E-state index contributed by atoms with van der Waals surface area (Å²) in [6.45, 7) is 7.63. The van der Waals surface area contributed by atoms with Gasteiger partial charge in [0.05, 0.1) is 6.04 Å². The van der Waals surface area contributed by atoms with Crippen molar-refractivity contribution in [3.05, 3.63) is 40.3 Å². The van der Waals surface area contributed by atoms with Crippen LogP contribution in [-0.2, 0) is 10.0 Å². The Hall–Kier alpha value is -1.57. The largest absolute Gasteiger partial charge is 0.487 e. The molecule has 1 unspecified atom stereocenters. The number of benzene rings is 1. The van der Waals surface area contributed by atoms with Gasteiger partial charge in [-0.1, -0.05) is 0 Å². The number of aryl methyl sites for hydroxylation is 2. The molecule has 1 atom stereocenters. The van der Waals surface area contributed by atoms with E-state index in [4.69, 9.17) is 10.5 Å². The van der Waals surface area contributed by atoms with Gasteiger partial charge in [0.1, 0.15) is 15.6 Å². The highest BCUT2D eigenvalue weighted by Gasteiger charge is 2.36. The molecule has 3 rings (SSSR count). The van der Waals surface area contributed by atoms with Crippen LogP contribution in [0.25, 0.3) is 0 Å². The molecule has 3 N–H and O–H groups in total. The van der Waals surface area contributed by atoms with Crippen LogP contribution in [0.4, 0.5) is 5.69 Å². The molecule has 2 aromatic rings. The van der Waals surface area contributed by atoms with Crippen LogP contribution in [0.1, 0.15) is 42.3 Å². The fraction of sp³-hybridized carbons (Fsp3) is 0.412. The summed E-state index contributed by atoms with van der Waals surface area (Å²) in [6, 6.07) is 6.86. The first kappa shape index (κ1) is 17.3. The molecule has 0 amide bonds. The lowest BCUT2D eigenvalue weighted by Gasteiger charge is -2.37. The smallest absolute Gasteiger partial charge is 0.250 e. The van der Waals surface area contributed by atoms with Crippen LogP contribution in [0.2, 0.25) is 0 Å². The molecule has 0 fully saturated rings. The maximum atomic E-state index is 12.9. The number of nitrogen functional groups attached to an aromatic ring is 1. The van der Waals surface area contributed by atoms with Crippen molar-refractivity contribution in [1.82, 2.24) is 4.72 Å². The van der Waals surface area contributed by atoms with E-state index in [1.165, 1.54) is 11.3 Å². The number of nitrogens with one attached hydrogen (secondary N) is 1. The predicted molar refractivity (Wildman–Crippen MR) is 97.0 cm³/mol. The summed E-state index contributed by atoms with van der Waals surface area (Å²) in [5.41, 5.74) is 7.56. The lowest BCUT2D eigenvalue weighted by atomic mass is 9.90. The van der Waals surface area contributed by atoms with E-state index in [0.717, 1.165) is 16.0 Å². The first-order valence-electron chi connectivity index (χ1n) is 7.75. The number of anilines is 1. The SMILES string of the molecule is Cc1cc(C)c(S(=O)(=O)NC2CC(C)(C)Oc3ccc(N)cc32)s1. The average Bonchev–Trinajstić information content (AvgIpc) is 2.78. The van der Waals surface area contributed by atoms with Crippen molar-refractivity contribution in [2.24, 2.45) is 0 Å². The standard InChI is InChI=1S/C17H22N2O3S2/c1-10-7-11(2)23-16(10)24(20,21)19-14-9-17(3,4)22-15-6-5-12(18)8-13(14)15/h5-8,14,19H,9,18H2,1-4H3. The van der Waals surface area contributed by atoms with E-state index < -0.39 is 15.6 Å². The summed E-state index contributed by atoms with van der Waals surface area (Å²) in [7, 11) is -3.60. The maximum Gasteiger partial charge on any atom is 0.250 e. The predicted octanol–water partition coefficient (Wildman–Crippen LogP) is 3.53. The molecular formula is C17H22N2O3S2. The van der Waals surface area contributed by atoms with Crippen LogP contribution in [0.5, 0.6) is 5.75 Å². The molecular weight excluding hydrogens is 344 g/mol. The third-order valence-electron chi connectivity index (χ3n) is 4.03. The first-order valence-corrected chi connectivity index (χ1v) is 10.1. The normalized spacial score (nSPS) is 19.6.